The number of rotatable bonds is 5. The molecule has 0 aromatic carbocycles. The Morgan fingerprint density at radius 3 is 2.83 bits per heavy atom. The van der Waals surface area contributed by atoms with Gasteiger partial charge in [0, 0.05) is 37.7 Å². The third kappa shape index (κ3) is 3.70. The number of hydrogen-bond acceptors (Lipinski definition) is 5. The summed E-state index contributed by atoms with van der Waals surface area (Å²) >= 11 is 0. The number of aromatic amines is 1. The van der Waals surface area contributed by atoms with Crippen molar-refractivity contribution in [2.45, 2.75) is 37.6 Å². The molecule has 0 amide bonds. The van der Waals surface area contributed by atoms with Crippen LogP contribution in [0, 0.1) is 12.8 Å². The molecule has 2 aromatic rings. The van der Waals surface area contributed by atoms with Gasteiger partial charge in [0.05, 0.1) is 18.1 Å². The Morgan fingerprint density at radius 2 is 2.17 bits per heavy atom. The summed E-state index contributed by atoms with van der Waals surface area (Å²) in [6, 6.07) is 0. The van der Waals surface area contributed by atoms with Gasteiger partial charge >= 0.3 is 0 Å². The van der Waals surface area contributed by atoms with E-state index in [-0.39, 0.29) is 0 Å². The first kappa shape index (κ1) is 17.2. The lowest BCUT2D eigenvalue weighted by atomic mass is 9.93. The van der Waals surface area contributed by atoms with Gasteiger partial charge in [0.1, 0.15) is 4.90 Å². The van der Waals surface area contributed by atoms with Gasteiger partial charge in [0.15, 0.2) is 9.84 Å². The van der Waals surface area contributed by atoms with Gasteiger partial charge in [-0.15, -0.1) is 0 Å². The van der Waals surface area contributed by atoms with Crippen LogP contribution in [0.5, 0.6) is 0 Å². The van der Waals surface area contributed by atoms with Crippen molar-refractivity contribution in [1.82, 2.24) is 24.9 Å². The molecule has 0 aliphatic carbocycles. The molecule has 132 valence electrons. The van der Waals surface area contributed by atoms with Gasteiger partial charge in [-0.25, -0.2) is 8.42 Å². The van der Waals surface area contributed by atoms with Crippen LogP contribution in [0.15, 0.2) is 17.3 Å². The molecule has 1 atom stereocenters. The Kier molecular flexibility index (Phi) is 4.78. The summed E-state index contributed by atoms with van der Waals surface area (Å²) in [5, 5.41) is 11.1. The minimum Gasteiger partial charge on any atom is -0.299 e. The maximum absolute atomic E-state index is 11.8. The largest absolute Gasteiger partial charge is 0.299 e. The van der Waals surface area contributed by atoms with Crippen LogP contribution in [-0.2, 0) is 29.9 Å². The normalized spacial score (nSPS) is 19.7. The summed E-state index contributed by atoms with van der Waals surface area (Å²) < 4.78 is 25.5. The van der Waals surface area contributed by atoms with Crippen molar-refractivity contribution in [3.8, 4) is 0 Å². The molecular weight excluding hydrogens is 326 g/mol. The Morgan fingerprint density at radius 1 is 1.38 bits per heavy atom. The van der Waals surface area contributed by atoms with E-state index in [4.69, 9.17) is 0 Å². The number of piperidine rings is 1. The number of aromatic nitrogens is 4. The van der Waals surface area contributed by atoms with E-state index in [1.807, 2.05) is 17.9 Å². The van der Waals surface area contributed by atoms with Crippen molar-refractivity contribution in [3.63, 3.8) is 0 Å². The smallest absolute Gasteiger partial charge is 0.178 e. The molecule has 0 bridgehead atoms. The molecule has 1 N–H and O–H groups in total. The summed E-state index contributed by atoms with van der Waals surface area (Å²) in [7, 11) is -1.26. The number of sulfone groups is 1. The zero-order chi connectivity index (χ0) is 17.3. The summed E-state index contributed by atoms with van der Waals surface area (Å²) in [4.78, 5) is 2.78. The fourth-order valence-corrected chi connectivity index (χ4v) is 4.28. The van der Waals surface area contributed by atoms with Crippen molar-refractivity contribution >= 4 is 9.84 Å². The van der Waals surface area contributed by atoms with E-state index in [9.17, 15) is 8.42 Å². The molecular formula is C16H25N5O2S. The van der Waals surface area contributed by atoms with Crippen LogP contribution < -0.4 is 0 Å². The van der Waals surface area contributed by atoms with E-state index in [2.05, 4.69) is 27.1 Å². The van der Waals surface area contributed by atoms with E-state index >= 15 is 0 Å². The second-order valence-electron chi connectivity index (χ2n) is 6.81. The average Bonchev–Trinajstić information content (AvgIpc) is 3.09. The third-order valence-corrected chi connectivity index (χ3v) is 6.06. The number of hydrogen-bond donors (Lipinski definition) is 1. The van der Waals surface area contributed by atoms with Crippen LogP contribution in [0.25, 0.3) is 0 Å². The maximum atomic E-state index is 11.8. The lowest BCUT2D eigenvalue weighted by Crippen LogP contribution is -2.36. The predicted octanol–water partition coefficient (Wildman–Crippen LogP) is 1.31. The van der Waals surface area contributed by atoms with Gasteiger partial charge in [-0.3, -0.25) is 14.7 Å². The van der Waals surface area contributed by atoms with Crippen LogP contribution >= 0.6 is 0 Å². The van der Waals surface area contributed by atoms with Crippen molar-refractivity contribution in [3.05, 3.63) is 29.3 Å². The molecule has 8 heteroatoms. The van der Waals surface area contributed by atoms with E-state index in [0.29, 0.717) is 10.8 Å². The molecule has 1 aliphatic rings. The zero-order valence-corrected chi connectivity index (χ0v) is 15.3. The number of nitrogens with one attached hydrogen (secondary N) is 1. The molecule has 3 rings (SSSR count). The highest BCUT2D eigenvalue weighted by molar-refractivity contribution is 7.90. The highest BCUT2D eigenvalue weighted by Crippen LogP contribution is 2.24. The molecule has 2 aromatic heterocycles. The van der Waals surface area contributed by atoms with Crippen LogP contribution in [0.4, 0.5) is 0 Å². The van der Waals surface area contributed by atoms with Crippen molar-refractivity contribution in [2.75, 3.05) is 19.3 Å². The van der Waals surface area contributed by atoms with Gasteiger partial charge in [-0.1, -0.05) is 0 Å². The quantitative estimate of drug-likeness (QED) is 0.878. The van der Waals surface area contributed by atoms with Gasteiger partial charge in [-0.05, 0) is 38.6 Å². The predicted molar refractivity (Wildman–Crippen MR) is 91.3 cm³/mol. The van der Waals surface area contributed by atoms with Crippen molar-refractivity contribution < 1.29 is 8.42 Å². The van der Waals surface area contributed by atoms with E-state index in [1.165, 1.54) is 23.7 Å². The van der Waals surface area contributed by atoms with Crippen molar-refractivity contribution in [2.24, 2.45) is 13.0 Å². The Balaban J connectivity index is 1.66. The molecule has 7 nitrogen and oxygen atoms in total. The summed E-state index contributed by atoms with van der Waals surface area (Å²) in [6.07, 6.45) is 7.57. The minimum absolute atomic E-state index is 0.336. The van der Waals surface area contributed by atoms with Gasteiger partial charge in [-0.2, -0.15) is 10.2 Å². The molecule has 3 heterocycles. The zero-order valence-electron chi connectivity index (χ0n) is 14.5. The van der Waals surface area contributed by atoms with Crippen molar-refractivity contribution in [1.29, 1.82) is 0 Å². The summed E-state index contributed by atoms with van der Waals surface area (Å²) in [5.74, 6) is 0.441. The first-order chi connectivity index (χ1) is 11.3. The highest BCUT2D eigenvalue weighted by Gasteiger charge is 2.24. The number of H-pyrrole nitrogens is 1. The average molecular weight is 351 g/mol. The Hall–Kier alpha value is -1.67. The Bertz CT molecular complexity index is 808. The number of aryl methyl sites for hydroxylation is 1. The topological polar surface area (TPSA) is 83.9 Å². The van der Waals surface area contributed by atoms with Crippen LogP contribution in [0.2, 0.25) is 0 Å². The van der Waals surface area contributed by atoms with Crippen LogP contribution in [0.3, 0.4) is 0 Å². The molecule has 1 saturated heterocycles. The van der Waals surface area contributed by atoms with E-state index in [1.54, 1.807) is 0 Å². The van der Waals surface area contributed by atoms with Gasteiger partial charge < -0.3 is 0 Å². The SMILES string of the molecule is Cc1c(CN2CCCC(Cc3[nH]ncc3S(C)(=O)=O)C2)cnn1C. The van der Waals surface area contributed by atoms with Gasteiger partial charge in [0.25, 0.3) is 0 Å². The minimum atomic E-state index is -3.22. The fraction of sp³-hybridized carbons (Fsp3) is 0.625. The molecule has 1 unspecified atom stereocenters. The monoisotopic (exact) mass is 351 g/mol. The second-order valence-corrected chi connectivity index (χ2v) is 8.80. The molecule has 0 radical (unpaired) electrons. The molecule has 0 spiro atoms. The summed E-state index contributed by atoms with van der Waals surface area (Å²) in [5.41, 5.74) is 3.20. The molecule has 1 fully saturated rings. The van der Waals surface area contributed by atoms with E-state index < -0.39 is 9.84 Å². The Labute approximate surface area is 143 Å². The first-order valence-corrected chi connectivity index (χ1v) is 10.2. The number of nitrogens with zero attached hydrogens (tertiary/aromatic N) is 4. The standard InChI is InChI=1S/C16H25N5O2S/c1-12-14(8-18-20(12)2)11-21-6-4-5-13(10-21)7-15-16(9-17-19-15)24(3,22)23/h8-9,13H,4-7,10-11H2,1-3H3,(H,17,19). The summed E-state index contributed by atoms with van der Waals surface area (Å²) in [6.45, 7) is 5.04. The first-order valence-electron chi connectivity index (χ1n) is 8.26. The number of likely N-dealkylation sites (tertiary alicyclic amines) is 1. The van der Waals surface area contributed by atoms with Gasteiger partial charge in [0.2, 0.25) is 0 Å². The molecule has 1 aliphatic heterocycles. The maximum Gasteiger partial charge on any atom is 0.178 e. The lowest BCUT2D eigenvalue weighted by molar-refractivity contribution is 0.165. The lowest BCUT2D eigenvalue weighted by Gasteiger charge is -2.32. The highest BCUT2D eigenvalue weighted by atomic mass is 32.2. The molecule has 24 heavy (non-hydrogen) atoms. The van der Waals surface area contributed by atoms with E-state index in [0.717, 1.165) is 44.6 Å². The van der Waals surface area contributed by atoms with Crippen LogP contribution in [0.1, 0.15) is 29.8 Å². The fourth-order valence-electron chi connectivity index (χ4n) is 3.46. The second kappa shape index (κ2) is 6.68. The third-order valence-electron chi connectivity index (χ3n) is 4.90. The molecule has 0 saturated carbocycles. The van der Waals surface area contributed by atoms with Crippen LogP contribution in [-0.4, -0.2) is 52.6 Å².